The molecule has 1 amide bonds. The number of H-pyrrole nitrogens is 1. The number of carbonyl (C=O) groups excluding carboxylic acids is 1. The Morgan fingerprint density at radius 3 is 2.40 bits per heavy atom. The molecule has 6 nitrogen and oxygen atoms in total. The molecule has 1 aliphatic rings. The number of fused-ring (bicyclic) bond motifs is 1. The predicted octanol–water partition coefficient (Wildman–Crippen LogP) is 1.95. The summed E-state index contributed by atoms with van der Waals surface area (Å²) in [7, 11) is 0. The van der Waals surface area contributed by atoms with Crippen LogP contribution in [0.5, 0.6) is 0 Å². The Hall–Kier alpha value is -2.86. The lowest BCUT2D eigenvalue weighted by Crippen LogP contribution is -2.50. The number of hydrogen-bond acceptors (Lipinski definition) is 4. The van der Waals surface area contributed by atoms with Gasteiger partial charge in [-0.3, -0.25) is 4.79 Å². The largest absolute Gasteiger partial charge is 0.378 e. The minimum atomic E-state index is -1.10. The molecular weight excluding hydrogens is 316 g/mol. The molecule has 2 aromatic carbocycles. The van der Waals surface area contributed by atoms with E-state index in [-0.39, 0.29) is 5.91 Å². The highest BCUT2D eigenvalue weighted by atomic mass is 16.3. The molecule has 1 saturated heterocycles. The molecule has 4 rings (SSSR count). The van der Waals surface area contributed by atoms with Gasteiger partial charge in [-0.05, 0) is 17.7 Å². The van der Waals surface area contributed by atoms with Crippen LogP contribution in [0.15, 0.2) is 54.6 Å². The Labute approximate surface area is 145 Å². The summed E-state index contributed by atoms with van der Waals surface area (Å²) in [5.41, 5.74) is 2.58. The van der Waals surface area contributed by atoms with Crippen LogP contribution in [0.4, 0.5) is 5.95 Å². The fourth-order valence-corrected chi connectivity index (χ4v) is 3.18. The SMILES string of the molecule is O=C(C(O)c1ccccc1)N1CCN(c2nc3ccccc3[nH]2)CC1. The molecule has 0 bridgehead atoms. The number of amides is 1. The first-order valence-electron chi connectivity index (χ1n) is 8.44. The molecule has 3 aromatic rings. The van der Waals surface area contributed by atoms with Crippen molar-refractivity contribution in [1.29, 1.82) is 0 Å². The topological polar surface area (TPSA) is 72.5 Å². The smallest absolute Gasteiger partial charge is 0.256 e. The van der Waals surface area contributed by atoms with E-state index >= 15 is 0 Å². The Balaban J connectivity index is 1.41. The van der Waals surface area contributed by atoms with Crippen LogP contribution in [-0.4, -0.2) is 52.1 Å². The monoisotopic (exact) mass is 336 g/mol. The van der Waals surface area contributed by atoms with E-state index in [1.54, 1.807) is 17.0 Å². The Bertz CT molecular complexity index is 836. The standard InChI is InChI=1S/C19H20N4O2/c24-17(14-6-2-1-3-7-14)18(25)22-10-12-23(13-11-22)19-20-15-8-4-5-9-16(15)21-19/h1-9,17,24H,10-13H2,(H,20,21). The number of nitrogens with zero attached hydrogens (tertiary/aromatic N) is 3. The number of para-hydroxylation sites is 2. The van der Waals surface area contributed by atoms with Gasteiger partial charge in [0.05, 0.1) is 11.0 Å². The number of aliphatic hydroxyl groups is 1. The Morgan fingerprint density at radius 1 is 1.00 bits per heavy atom. The van der Waals surface area contributed by atoms with Gasteiger partial charge >= 0.3 is 0 Å². The molecule has 0 aliphatic carbocycles. The minimum absolute atomic E-state index is 0.240. The molecule has 1 aliphatic heterocycles. The van der Waals surface area contributed by atoms with Crippen LogP contribution in [0.2, 0.25) is 0 Å². The number of carbonyl (C=O) groups is 1. The molecular formula is C19H20N4O2. The van der Waals surface area contributed by atoms with Crippen molar-refractivity contribution >= 4 is 22.9 Å². The van der Waals surface area contributed by atoms with Crippen LogP contribution in [0, 0.1) is 0 Å². The molecule has 6 heteroatoms. The molecule has 0 saturated carbocycles. The van der Waals surface area contributed by atoms with E-state index in [9.17, 15) is 9.90 Å². The van der Waals surface area contributed by atoms with Gasteiger partial charge in [0.1, 0.15) is 0 Å². The lowest BCUT2D eigenvalue weighted by Gasteiger charge is -2.35. The Kier molecular flexibility index (Phi) is 4.11. The van der Waals surface area contributed by atoms with Crippen LogP contribution in [0.1, 0.15) is 11.7 Å². The molecule has 25 heavy (non-hydrogen) atoms. The third kappa shape index (κ3) is 3.08. The number of aromatic amines is 1. The van der Waals surface area contributed by atoms with E-state index in [2.05, 4.69) is 14.9 Å². The molecule has 128 valence electrons. The zero-order chi connectivity index (χ0) is 17.2. The average Bonchev–Trinajstić information content (AvgIpc) is 3.12. The predicted molar refractivity (Wildman–Crippen MR) is 96.3 cm³/mol. The summed E-state index contributed by atoms with van der Waals surface area (Å²) >= 11 is 0. The van der Waals surface area contributed by atoms with E-state index in [1.165, 1.54) is 0 Å². The zero-order valence-electron chi connectivity index (χ0n) is 13.8. The van der Waals surface area contributed by atoms with E-state index < -0.39 is 6.10 Å². The van der Waals surface area contributed by atoms with Gasteiger partial charge in [0, 0.05) is 26.2 Å². The first-order valence-corrected chi connectivity index (χ1v) is 8.44. The van der Waals surface area contributed by atoms with Gasteiger partial charge in [0.25, 0.3) is 5.91 Å². The van der Waals surface area contributed by atoms with Crippen molar-refractivity contribution in [3.8, 4) is 0 Å². The summed E-state index contributed by atoms with van der Waals surface area (Å²) in [6, 6.07) is 17.0. The van der Waals surface area contributed by atoms with Crippen molar-refractivity contribution in [2.75, 3.05) is 31.1 Å². The van der Waals surface area contributed by atoms with E-state index in [0.29, 0.717) is 31.7 Å². The summed E-state index contributed by atoms with van der Waals surface area (Å²) in [5, 5.41) is 10.3. The van der Waals surface area contributed by atoms with Crippen molar-refractivity contribution in [1.82, 2.24) is 14.9 Å². The molecule has 1 aromatic heterocycles. The summed E-state index contributed by atoms with van der Waals surface area (Å²) in [5.74, 6) is 0.590. The number of piperazine rings is 1. The highest BCUT2D eigenvalue weighted by Gasteiger charge is 2.27. The van der Waals surface area contributed by atoms with Crippen molar-refractivity contribution < 1.29 is 9.90 Å². The van der Waals surface area contributed by atoms with Gasteiger partial charge in [-0.25, -0.2) is 4.98 Å². The van der Waals surface area contributed by atoms with Crippen molar-refractivity contribution in [3.05, 3.63) is 60.2 Å². The Morgan fingerprint density at radius 2 is 1.68 bits per heavy atom. The maximum Gasteiger partial charge on any atom is 0.256 e. The van der Waals surface area contributed by atoms with E-state index in [4.69, 9.17) is 0 Å². The van der Waals surface area contributed by atoms with Gasteiger partial charge in [-0.15, -0.1) is 0 Å². The highest BCUT2D eigenvalue weighted by molar-refractivity contribution is 5.82. The summed E-state index contributed by atoms with van der Waals surface area (Å²) in [6.45, 7) is 2.51. The van der Waals surface area contributed by atoms with Gasteiger partial charge in [-0.2, -0.15) is 0 Å². The summed E-state index contributed by atoms with van der Waals surface area (Å²) < 4.78 is 0. The lowest BCUT2D eigenvalue weighted by atomic mass is 10.1. The highest BCUT2D eigenvalue weighted by Crippen LogP contribution is 2.20. The number of aromatic nitrogens is 2. The van der Waals surface area contributed by atoms with Gasteiger partial charge in [0.2, 0.25) is 5.95 Å². The van der Waals surface area contributed by atoms with Crippen LogP contribution >= 0.6 is 0 Å². The second-order valence-corrected chi connectivity index (χ2v) is 6.20. The second kappa shape index (κ2) is 6.57. The lowest BCUT2D eigenvalue weighted by molar-refractivity contribution is -0.140. The van der Waals surface area contributed by atoms with Crippen LogP contribution in [0.3, 0.4) is 0 Å². The van der Waals surface area contributed by atoms with Crippen LogP contribution in [-0.2, 0) is 4.79 Å². The van der Waals surface area contributed by atoms with Crippen molar-refractivity contribution in [2.45, 2.75) is 6.10 Å². The number of imidazole rings is 1. The fourth-order valence-electron chi connectivity index (χ4n) is 3.18. The van der Waals surface area contributed by atoms with Gasteiger partial charge in [0.15, 0.2) is 6.10 Å². The quantitative estimate of drug-likeness (QED) is 0.767. The number of nitrogens with one attached hydrogen (secondary N) is 1. The number of benzene rings is 2. The molecule has 1 fully saturated rings. The molecule has 2 heterocycles. The van der Waals surface area contributed by atoms with Crippen molar-refractivity contribution in [3.63, 3.8) is 0 Å². The molecule has 2 N–H and O–H groups in total. The first kappa shape index (κ1) is 15.7. The normalized spacial score (nSPS) is 16.2. The molecule has 1 atom stereocenters. The average molecular weight is 336 g/mol. The number of hydrogen-bond donors (Lipinski definition) is 2. The third-order valence-electron chi connectivity index (χ3n) is 4.62. The third-order valence-corrected chi connectivity index (χ3v) is 4.62. The fraction of sp³-hybridized carbons (Fsp3) is 0.263. The van der Waals surface area contributed by atoms with E-state index in [0.717, 1.165) is 17.0 Å². The van der Waals surface area contributed by atoms with Crippen molar-refractivity contribution in [2.24, 2.45) is 0 Å². The number of anilines is 1. The number of rotatable bonds is 3. The maximum absolute atomic E-state index is 12.5. The number of aliphatic hydroxyl groups excluding tert-OH is 1. The summed E-state index contributed by atoms with van der Waals surface area (Å²) in [4.78, 5) is 24.3. The van der Waals surface area contributed by atoms with E-state index in [1.807, 2.05) is 42.5 Å². The van der Waals surface area contributed by atoms with Crippen LogP contribution in [0.25, 0.3) is 11.0 Å². The molecule has 0 radical (unpaired) electrons. The molecule has 1 unspecified atom stereocenters. The zero-order valence-corrected chi connectivity index (χ0v) is 13.8. The maximum atomic E-state index is 12.5. The summed E-state index contributed by atoms with van der Waals surface area (Å²) in [6.07, 6.45) is -1.10. The minimum Gasteiger partial charge on any atom is -0.378 e. The van der Waals surface area contributed by atoms with Gasteiger partial charge in [-0.1, -0.05) is 42.5 Å². The molecule has 0 spiro atoms. The first-order chi connectivity index (χ1) is 12.2. The van der Waals surface area contributed by atoms with Crippen LogP contribution < -0.4 is 4.90 Å². The van der Waals surface area contributed by atoms with Gasteiger partial charge < -0.3 is 19.9 Å². The second-order valence-electron chi connectivity index (χ2n) is 6.20.